The maximum absolute atomic E-state index is 9.68. The quantitative estimate of drug-likeness (QED) is 0.650. The van der Waals surface area contributed by atoms with E-state index in [1.54, 1.807) is 0 Å². The molecule has 0 aromatic rings. The molecule has 1 N–H and O–H groups in total. The van der Waals surface area contributed by atoms with Crippen molar-refractivity contribution in [1.82, 2.24) is 19.6 Å². The normalized spacial score (nSPS) is 49.8. The summed E-state index contributed by atoms with van der Waals surface area (Å²) >= 11 is 0. The van der Waals surface area contributed by atoms with E-state index in [0.29, 0.717) is 12.6 Å². The molecule has 0 aromatic heterocycles. The van der Waals surface area contributed by atoms with Crippen LogP contribution in [0.5, 0.6) is 0 Å². The fourth-order valence-electron chi connectivity index (χ4n) is 5.11. The molecule has 5 heteroatoms. The van der Waals surface area contributed by atoms with Crippen molar-refractivity contribution in [2.45, 2.75) is 31.2 Å². The summed E-state index contributed by atoms with van der Waals surface area (Å²) in [4.78, 5) is 10.5. The van der Waals surface area contributed by atoms with Gasteiger partial charge in [-0.1, -0.05) is 0 Å². The van der Waals surface area contributed by atoms with Gasteiger partial charge in [0.2, 0.25) is 0 Å². The summed E-state index contributed by atoms with van der Waals surface area (Å²) in [6, 6.07) is 0.328. The molecule has 4 aliphatic heterocycles. The Balaban J connectivity index is 1.83. The van der Waals surface area contributed by atoms with Crippen LogP contribution in [0.15, 0.2) is 0 Å². The average Bonchev–Trinajstić information content (AvgIpc) is 2.82. The van der Waals surface area contributed by atoms with Crippen molar-refractivity contribution in [3.63, 3.8) is 0 Å². The van der Waals surface area contributed by atoms with Gasteiger partial charge in [-0.2, -0.15) is 0 Å². The van der Waals surface area contributed by atoms with Gasteiger partial charge in [0.05, 0.1) is 6.61 Å². The van der Waals surface area contributed by atoms with Gasteiger partial charge in [0.1, 0.15) is 11.3 Å². The highest BCUT2D eigenvalue weighted by Crippen LogP contribution is 2.50. The molecule has 4 fully saturated rings. The minimum Gasteiger partial charge on any atom is -0.395 e. The van der Waals surface area contributed by atoms with E-state index in [4.69, 9.17) is 0 Å². The van der Waals surface area contributed by atoms with Crippen molar-refractivity contribution < 1.29 is 5.11 Å². The van der Waals surface area contributed by atoms with Crippen molar-refractivity contribution in [3.05, 3.63) is 0 Å². The van der Waals surface area contributed by atoms with Crippen LogP contribution in [0.2, 0.25) is 0 Å². The summed E-state index contributed by atoms with van der Waals surface area (Å²) in [6.07, 6.45) is 0. The van der Waals surface area contributed by atoms with E-state index >= 15 is 0 Å². The molecule has 5 nitrogen and oxygen atoms in total. The van der Waals surface area contributed by atoms with Crippen molar-refractivity contribution in [3.8, 4) is 0 Å². The van der Waals surface area contributed by atoms with Crippen LogP contribution in [0.4, 0.5) is 0 Å². The van der Waals surface area contributed by atoms with E-state index in [1.807, 2.05) is 0 Å². The van der Waals surface area contributed by atoms with E-state index in [0.717, 1.165) is 26.2 Å². The van der Waals surface area contributed by atoms with Gasteiger partial charge in [-0.3, -0.25) is 19.6 Å². The van der Waals surface area contributed by atoms with Crippen LogP contribution in [-0.2, 0) is 0 Å². The lowest BCUT2D eigenvalue weighted by atomic mass is 9.87. The molecule has 0 bridgehead atoms. The molecule has 4 rings (SSSR count). The molecule has 0 saturated carbocycles. The van der Waals surface area contributed by atoms with Crippen LogP contribution in [0.25, 0.3) is 0 Å². The molecule has 4 saturated heterocycles. The Labute approximate surface area is 109 Å². The predicted octanol–water partition coefficient (Wildman–Crippen LogP) is -0.958. The summed E-state index contributed by atoms with van der Waals surface area (Å²) in [6.45, 7) is 13.1. The third kappa shape index (κ3) is 1.04. The first-order chi connectivity index (χ1) is 8.62. The molecule has 102 valence electrons. The van der Waals surface area contributed by atoms with Crippen LogP contribution in [-0.4, -0.2) is 94.5 Å². The van der Waals surface area contributed by atoms with E-state index in [-0.39, 0.29) is 11.3 Å². The molecule has 3 atom stereocenters. The predicted molar refractivity (Wildman–Crippen MR) is 69.1 cm³/mol. The number of piperazine rings is 2. The molecule has 18 heavy (non-hydrogen) atoms. The van der Waals surface area contributed by atoms with E-state index in [1.165, 1.54) is 19.6 Å². The fourth-order valence-corrected chi connectivity index (χ4v) is 5.11. The van der Waals surface area contributed by atoms with Crippen LogP contribution in [0, 0.1) is 0 Å². The van der Waals surface area contributed by atoms with Gasteiger partial charge >= 0.3 is 0 Å². The lowest BCUT2D eigenvalue weighted by Gasteiger charge is -2.64. The number of aliphatic hydroxyl groups is 1. The Morgan fingerprint density at radius 1 is 0.889 bits per heavy atom. The minimum absolute atomic E-state index is 0.0768. The number of nitrogens with zero attached hydrogens (tertiary/aromatic N) is 4. The lowest BCUT2D eigenvalue weighted by molar-refractivity contribution is -0.207. The molecule has 0 amide bonds. The van der Waals surface area contributed by atoms with Crippen molar-refractivity contribution >= 4 is 0 Å². The average molecular weight is 252 g/mol. The Hall–Kier alpha value is -0.200. The molecular weight excluding hydrogens is 228 g/mol. The highest BCUT2D eigenvalue weighted by Gasteiger charge is 2.68. The van der Waals surface area contributed by atoms with Crippen LogP contribution < -0.4 is 0 Å². The summed E-state index contributed by atoms with van der Waals surface area (Å²) in [5.41, 5.74) is 0.209. The van der Waals surface area contributed by atoms with Gasteiger partial charge in [0.25, 0.3) is 0 Å². The summed E-state index contributed by atoms with van der Waals surface area (Å²) in [7, 11) is 0. The second-order valence-electron chi connectivity index (χ2n) is 6.49. The van der Waals surface area contributed by atoms with E-state index in [9.17, 15) is 5.11 Å². The van der Waals surface area contributed by atoms with Gasteiger partial charge in [0.15, 0.2) is 0 Å². The molecule has 0 aliphatic carbocycles. The SMILES string of the molecule is C[C@@]12N3CCN1CCN1C(CO)CN(CC3)[C@@]12C. The van der Waals surface area contributed by atoms with Gasteiger partial charge in [-0.05, 0) is 13.8 Å². The molecule has 0 spiro atoms. The van der Waals surface area contributed by atoms with Gasteiger partial charge in [-0.25, -0.2) is 0 Å². The Morgan fingerprint density at radius 3 is 2.06 bits per heavy atom. The summed E-state index contributed by atoms with van der Waals surface area (Å²) in [5.74, 6) is 0. The van der Waals surface area contributed by atoms with E-state index < -0.39 is 0 Å². The fraction of sp³-hybridized carbons (Fsp3) is 1.00. The second-order valence-corrected chi connectivity index (χ2v) is 6.49. The third-order valence-corrected chi connectivity index (χ3v) is 6.28. The van der Waals surface area contributed by atoms with Crippen molar-refractivity contribution in [1.29, 1.82) is 0 Å². The summed E-state index contributed by atoms with van der Waals surface area (Å²) < 4.78 is 0. The zero-order valence-corrected chi connectivity index (χ0v) is 11.5. The maximum atomic E-state index is 9.68. The number of aliphatic hydroxyl groups excluding tert-OH is 1. The molecule has 4 heterocycles. The maximum Gasteiger partial charge on any atom is 0.104 e. The number of rotatable bonds is 1. The first kappa shape index (κ1) is 11.6. The number of hydrogen-bond acceptors (Lipinski definition) is 5. The lowest BCUT2D eigenvalue weighted by Crippen LogP contribution is -2.81. The zero-order valence-electron chi connectivity index (χ0n) is 11.5. The van der Waals surface area contributed by atoms with Gasteiger partial charge in [0, 0.05) is 51.9 Å². The monoisotopic (exact) mass is 252 g/mol. The van der Waals surface area contributed by atoms with Crippen LogP contribution >= 0.6 is 0 Å². The van der Waals surface area contributed by atoms with Gasteiger partial charge < -0.3 is 5.11 Å². The zero-order chi connectivity index (χ0) is 12.5. The Morgan fingerprint density at radius 2 is 1.44 bits per heavy atom. The smallest absolute Gasteiger partial charge is 0.104 e. The summed E-state index contributed by atoms with van der Waals surface area (Å²) in [5, 5.41) is 9.68. The highest BCUT2D eigenvalue weighted by molar-refractivity contribution is 5.19. The second kappa shape index (κ2) is 3.46. The largest absolute Gasteiger partial charge is 0.395 e. The third-order valence-electron chi connectivity index (χ3n) is 6.28. The topological polar surface area (TPSA) is 33.2 Å². The van der Waals surface area contributed by atoms with Crippen LogP contribution in [0.3, 0.4) is 0 Å². The molecule has 1 unspecified atom stereocenters. The first-order valence-corrected chi connectivity index (χ1v) is 7.25. The van der Waals surface area contributed by atoms with Crippen molar-refractivity contribution in [2.75, 3.05) is 52.4 Å². The first-order valence-electron chi connectivity index (χ1n) is 7.25. The molecule has 0 radical (unpaired) electrons. The van der Waals surface area contributed by atoms with Gasteiger partial charge in [-0.15, -0.1) is 0 Å². The minimum atomic E-state index is 0.0768. The van der Waals surface area contributed by atoms with Crippen molar-refractivity contribution in [2.24, 2.45) is 0 Å². The Bertz CT molecular complexity index is 370. The highest BCUT2D eigenvalue weighted by atomic mass is 16.3. The molecule has 4 aliphatic rings. The Kier molecular flexibility index (Phi) is 2.23. The molecular formula is C13H24N4O. The van der Waals surface area contributed by atoms with Crippen LogP contribution in [0.1, 0.15) is 13.8 Å². The molecule has 0 aromatic carbocycles. The standard InChI is InChI=1S/C13H24N4O/c1-12-13(2)16-6-5-14(12)3-4-15(12)7-8-17(13)11(9-16)10-18/h11,18H,3-10H2,1-2H3/t11?,12-,13+/m1/s1. The van der Waals surface area contributed by atoms with E-state index in [2.05, 4.69) is 33.4 Å². The number of hydrogen-bond donors (Lipinski definition) is 1.